The Bertz CT molecular complexity index is 428. The van der Waals surface area contributed by atoms with Crippen molar-refractivity contribution in [2.75, 3.05) is 13.1 Å². The lowest BCUT2D eigenvalue weighted by Crippen LogP contribution is -2.37. The van der Waals surface area contributed by atoms with Gasteiger partial charge in [-0.15, -0.1) is 6.58 Å². The van der Waals surface area contributed by atoms with E-state index in [9.17, 15) is 4.79 Å². The van der Waals surface area contributed by atoms with Crippen molar-refractivity contribution in [1.29, 1.82) is 0 Å². The molecule has 1 aliphatic rings. The van der Waals surface area contributed by atoms with Gasteiger partial charge in [0, 0.05) is 25.6 Å². The first-order valence-corrected chi connectivity index (χ1v) is 5.82. The first-order chi connectivity index (χ1) is 8.22. The number of hydrogen-bond donors (Lipinski definition) is 0. The molecule has 1 aliphatic heterocycles. The van der Waals surface area contributed by atoms with Crippen LogP contribution < -0.4 is 0 Å². The maximum atomic E-state index is 11.2. The van der Waals surface area contributed by atoms with Crippen LogP contribution in [-0.4, -0.2) is 24.0 Å². The van der Waals surface area contributed by atoms with Crippen molar-refractivity contribution in [3.63, 3.8) is 0 Å². The summed E-state index contributed by atoms with van der Waals surface area (Å²) in [5.74, 6) is -0.249. The normalized spacial score (nSPS) is 19.5. The molecular weight excluding hydrogens is 214 g/mol. The fraction of sp³-hybridized carbons (Fsp3) is 0.357. The predicted octanol–water partition coefficient (Wildman–Crippen LogP) is 2.29. The van der Waals surface area contributed by atoms with E-state index in [0.717, 1.165) is 25.1 Å². The van der Waals surface area contributed by atoms with Crippen molar-refractivity contribution in [2.45, 2.75) is 19.6 Å². The van der Waals surface area contributed by atoms with Gasteiger partial charge in [-0.3, -0.25) is 9.69 Å². The number of carbonyl (C=O) groups excluding carboxylic acids is 1. The Labute approximate surface area is 102 Å². The summed E-state index contributed by atoms with van der Waals surface area (Å²) in [7, 11) is 0. The molecule has 1 atom stereocenters. The van der Waals surface area contributed by atoms with Crippen molar-refractivity contribution >= 4 is 5.97 Å². The summed E-state index contributed by atoms with van der Waals surface area (Å²) < 4.78 is 5.42. The van der Waals surface area contributed by atoms with Crippen molar-refractivity contribution in [3.8, 4) is 0 Å². The van der Waals surface area contributed by atoms with Crippen LogP contribution in [0.1, 0.15) is 24.3 Å². The van der Waals surface area contributed by atoms with Crippen LogP contribution in [0, 0.1) is 0 Å². The summed E-state index contributed by atoms with van der Waals surface area (Å²) in [6, 6.07) is 8.12. The lowest BCUT2D eigenvalue weighted by molar-refractivity contribution is -0.158. The van der Waals surface area contributed by atoms with Gasteiger partial charge in [0.25, 0.3) is 0 Å². The van der Waals surface area contributed by atoms with Crippen LogP contribution in [0.15, 0.2) is 36.9 Å². The van der Waals surface area contributed by atoms with Crippen molar-refractivity contribution in [1.82, 2.24) is 4.90 Å². The first kappa shape index (κ1) is 11.9. The number of esters is 1. The summed E-state index contributed by atoms with van der Waals surface area (Å²) in [6.45, 7) is 6.81. The highest BCUT2D eigenvalue weighted by atomic mass is 16.6. The van der Waals surface area contributed by atoms with E-state index >= 15 is 0 Å². The molecule has 0 saturated heterocycles. The van der Waals surface area contributed by atoms with Crippen LogP contribution in [0.5, 0.6) is 0 Å². The Morgan fingerprint density at radius 2 is 2.35 bits per heavy atom. The molecule has 1 aromatic rings. The quantitative estimate of drug-likeness (QED) is 0.590. The molecule has 0 bridgehead atoms. The number of hydrogen-bond acceptors (Lipinski definition) is 3. The van der Waals surface area contributed by atoms with E-state index < -0.39 is 0 Å². The summed E-state index contributed by atoms with van der Waals surface area (Å²) in [5.41, 5.74) is 2.36. The van der Waals surface area contributed by atoms with Crippen LogP contribution in [0.3, 0.4) is 0 Å². The van der Waals surface area contributed by atoms with Gasteiger partial charge >= 0.3 is 5.97 Å². The SMILES string of the molecule is C=CCN1CCc2ccccc2C1OC(C)=O. The summed E-state index contributed by atoms with van der Waals surface area (Å²) in [6.07, 6.45) is 2.56. The minimum Gasteiger partial charge on any atom is -0.442 e. The molecule has 0 spiro atoms. The molecule has 0 radical (unpaired) electrons. The molecule has 3 nitrogen and oxygen atoms in total. The van der Waals surface area contributed by atoms with Crippen molar-refractivity contribution in [3.05, 3.63) is 48.0 Å². The van der Waals surface area contributed by atoms with E-state index in [0.29, 0.717) is 0 Å². The highest BCUT2D eigenvalue weighted by Gasteiger charge is 2.28. The van der Waals surface area contributed by atoms with E-state index in [1.807, 2.05) is 24.3 Å². The molecule has 0 N–H and O–H groups in total. The van der Waals surface area contributed by atoms with Gasteiger partial charge < -0.3 is 4.74 Å². The molecule has 0 saturated carbocycles. The van der Waals surface area contributed by atoms with Crippen LogP contribution in [-0.2, 0) is 16.0 Å². The van der Waals surface area contributed by atoms with Gasteiger partial charge in [-0.2, -0.15) is 0 Å². The first-order valence-electron chi connectivity index (χ1n) is 5.82. The van der Waals surface area contributed by atoms with Gasteiger partial charge in [-0.05, 0) is 12.0 Å². The molecule has 0 fully saturated rings. The van der Waals surface area contributed by atoms with E-state index in [2.05, 4.69) is 17.5 Å². The average molecular weight is 231 g/mol. The van der Waals surface area contributed by atoms with Crippen LogP contribution in [0.4, 0.5) is 0 Å². The van der Waals surface area contributed by atoms with Gasteiger partial charge in [-0.1, -0.05) is 30.3 Å². The Kier molecular flexibility index (Phi) is 3.59. The van der Waals surface area contributed by atoms with E-state index in [-0.39, 0.29) is 12.2 Å². The minimum absolute atomic E-state index is 0.249. The van der Waals surface area contributed by atoms with Gasteiger partial charge in [-0.25, -0.2) is 0 Å². The third kappa shape index (κ3) is 2.56. The maximum absolute atomic E-state index is 11.2. The minimum atomic E-state index is -0.268. The van der Waals surface area contributed by atoms with Crippen LogP contribution >= 0.6 is 0 Å². The molecule has 17 heavy (non-hydrogen) atoms. The fourth-order valence-corrected chi connectivity index (χ4v) is 2.23. The second kappa shape index (κ2) is 5.15. The van der Waals surface area contributed by atoms with E-state index in [4.69, 9.17) is 4.74 Å². The molecule has 0 aromatic heterocycles. The second-order valence-corrected chi connectivity index (χ2v) is 4.19. The fourth-order valence-electron chi connectivity index (χ4n) is 2.23. The van der Waals surface area contributed by atoms with Crippen LogP contribution in [0.2, 0.25) is 0 Å². The Morgan fingerprint density at radius 1 is 1.59 bits per heavy atom. The molecule has 2 rings (SSSR count). The molecule has 3 heteroatoms. The standard InChI is InChI=1S/C14H17NO2/c1-3-9-15-10-8-12-6-4-5-7-13(12)14(15)17-11(2)16/h3-7,14H,1,8-10H2,2H3. The molecule has 1 heterocycles. The monoisotopic (exact) mass is 231 g/mol. The van der Waals surface area contributed by atoms with Gasteiger partial charge in [0.15, 0.2) is 6.23 Å². The van der Waals surface area contributed by atoms with Crippen molar-refractivity contribution in [2.24, 2.45) is 0 Å². The summed E-state index contributed by atoms with van der Waals surface area (Å²) in [4.78, 5) is 13.3. The summed E-state index contributed by atoms with van der Waals surface area (Å²) in [5, 5.41) is 0. The zero-order chi connectivity index (χ0) is 12.3. The van der Waals surface area contributed by atoms with Gasteiger partial charge in [0.05, 0.1) is 0 Å². The largest absolute Gasteiger partial charge is 0.442 e. The number of fused-ring (bicyclic) bond motifs is 1. The number of nitrogens with zero attached hydrogens (tertiary/aromatic N) is 1. The van der Waals surface area contributed by atoms with Crippen LogP contribution in [0.25, 0.3) is 0 Å². The smallest absolute Gasteiger partial charge is 0.304 e. The van der Waals surface area contributed by atoms with Gasteiger partial charge in [0.1, 0.15) is 0 Å². The lowest BCUT2D eigenvalue weighted by Gasteiger charge is -2.35. The maximum Gasteiger partial charge on any atom is 0.304 e. The number of ether oxygens (including phenoxy) is 1. The van der Waals surface area contributed by atoms with E-state index in [1.54, 1.807) is 0 Å². The third-order valence-electron chi connectivity index (χ3n) is 2.96. The molecule has 90 valence electrons. The highest BCUT2D eigenvalue weighted by Crippen LogP contribution is 2.30. The molecule has 0 amide bonds. The second-order valence-electron chi connectivity index (χ2n) is 4.19. The summed E-state index contributed by atoms with van der Waals surface area (Å²) >= 11 is 0. The molecule has 0 aliphatic carbocycles. The third-order valence-corrected chi connectivity index (χ3v) is 2.96. The predicted molar refractivity (Wildman–Crippen MR) is 66.4 cm³/mol. The zero-order valence-electron chi connectivity index (χ0n) is 10.1. The Balaban J connectivity index is 2.31. The zero-order valence-corrected chi connectivity index (χ0v) is 10.1. The number of rotatable bonds is 3. The molecule has 1 unspecified atom stereocenters. The highest BCUT2D eigenvalue weighted by molar-refractivity contribution is 5.66. The van der Waals surface area contributed by atoms with Gasteiger partial charge in [0.2, 0.25) is 0 Å². The number of carbonyl (C=O) groups is 1. The number of benzene rings is 1. The topological polar surface area (TPSA) is 29.5 Å². The molecular formula is C14H17NO2. The Hall–Kier alpha value is -1.61. The molecule has 1 aromatic carbocycles. The van der Waals surface area contributed by atoms with Crippen molar-refractivity contribution < 1.29 is 9.53 Å². The average Bonchev–Trinajstić information content (AvgIpc) is 2.32. The van der Waals surface area contributed by atoms with E-state index in [1.165, 1.54) is 12.5 Å². The Morgan fingerprint density at radius 3 is 3.06 bits per heavy atom. The lowest BCUT2D eigenvalue weighted by atomic mass is 9.98.